The van der Waals surface area contributed by atoms with Crippen LogP contribution in [0.15, 0.2) is 35.7 Å². The smallest absolute Gasteiger partial charge is 0.339 e. The lowest BCUT2D eigenvalue weighted by molar-refractivity contribution is 0.0699. The molecular formula is C19H11I4NO4S. The number of nitrogens with one attached hydrogen (secondary N) is 1. The zero-order valence-corrected chi connectivity index (χ0v) is 24.0. The molecule has 0 atom stereocenters. The monoisotopic (exact) mass is 857 g/mol. The van der Waals surface area contributed by atoms with E-state index in [0.29, 0.717) is 19.8 Å². The topological polar surface area (TPSA) is 75.6 Å². The summed E-state index contributed by atoms with van der Waals surface area (Å²) in [5, 5.41) is 14.2. The summed E-state index contributed by atoms with van der Waals surface area (Å²) in [5.41, 5.74) is 1.63. The number of anilines is 1. The van der Waals surface area contributed by atoms with Gasteiger partial charge in [0.1, 0.15) is 11.3 Å². The molecule has 5 nitrogen and oxygen atoms in total. The van der Waals surface area contributed by atoms with Crippen LogP contribution in [0.25, 0.3) is 10.4 Å². The predicted octanol–water partition coefficient (Wildman–Crippen LogP) is 6.79. The first-order valence-corrected chi connectivity index (χ1v) is 13.1. The summed E-state index contributed by atoms with van der Waals surface area (Å²) >= 11 is 9.83. The van der Waals surface area contributed by atoms with Crippen LogP contribution in [0.4, 0.5) is 5.69 Å². The van der Waals surface area contributed by atoms with Crippen molar-refractivity contribution in [3.05, 3.63) is 61.1 Å². The second-order valence-electron chi connectivity index (χ2n) is 5.68. The van der Waals surface area contributed by atoms with E-state index in [2.05, 4.69) is 95.7 Å². The maximum Gasteiger partial charge on any atom is 0.339 e. The van der Waals surface area contributed by atoms with E-state index in [9.17, 15) is 14.7 Å². The van der Waals surface area contributed by atoms with E-state index < -0.39 is 5.97 Å². The highest BCUT2D eigenvalue weighted by molar-refractivity contribution is 14.1. The third-order valence-corrected chi connectivity index (χ3v) is 8.35. The van der Waals surface area contributed by atoms with Crippen LogP contribution in [-0.4, -0.2) is 24.1 Å². The predicted molar refractivity (Wildman–Crippen MR) is 149 cm³/mol. The van der Waals surface area contributed by atoms with Crippen LogP contribution < -0.4 is 10.1 Å². The molecule has 0 aliphatic heterocycles. The number of benzene rings is 2. The van der Waals surface area contributed by atoms with Gasteiger partial charge >= 0.3 is 5.97 Å². The van der Waals surface area contributed by atoms with Crippen LogP contribution in [0.5, 0.6) is 5.75 Å². The van der Waals surface area contributed by atoms with Gasteiger partial charge < -0.3 is 15.2 Å². The highest BCUT2D eigenvalue weighted by Gasteiger charge is 2.25. The SMILES string of the molecule is COc1c(I)cc(I)c(C(=O)Nc2csc(-c3ccc(I)cc3)c2C(=O)O)c1I. The quantitative estimate of drug-likeness (QED) is 0.278. The molecule has 0 radical (unpaired) electrons. The lowest BCUT2D eigenvalue weighted by atomic mass is 10.1. The minimum Gasteiger partial charge on any atom is -0.495 e. The van der Waals surface area contributed by atoms with Crippen LogP contribution in [0.1, 0.15) is 20.7 Å². The van der Waals surface area contributed by atoms with Crippen molar-refractivity contribution in [3.63, 3.8) is 0 Å². The second-order valence-corrected chi connectivity index (χ2v) is 11.2. The van der Waals surface area contributed by atoms with Crippen molar-refractivity contribution in [1.29, 1.82) is 0 Å². The molecule has 0 spiro atoms. The van der Waals surface area contributed by atoms with E-state index in [0.717, 1.165) is 16.3 Å². The van der Waals surface area contributed by atoms with Gasteiger partial charge in [-0.1, -0.05) is 12.1 Å². The Labute approximate surface area is 225 Å². The molecule has 0 saturated heterocycles. The molecule has 0 fully saturated rings. The molecule has 10 heteroatoms. The Morgan fingerprint density at radius 1 is 1.03 bits per heavy atom. The van der Waals surface area contributed by atoms with Crippen LogP contribution in [0, 0.1) is 14.3 Å². The third kappa shape index (κ3) is 5.01. The van der Waals surface area contributed by atoms with Crippen molar-refractivity contribution in [2.75, 3.05) is 12.4 Å². The average Bonchev–Trinajstić information content (AvgIpc) is 3.06. The number of rotatable bonds is 5. The van der Waals surface area contributed by atoms with Crippen LogP contribution in [0.2, 0.25) is 0 Å². The first-order chi connectivity index (χ1) is 13.7. The maximum absolute atomic E-state index is 13.0. The zero-order chi connectivity index (χ0) is 21.3. The van der Waals surface area contributed by atoms with E-state index >= 15 is 0 Å². The Kier molecular flexibility index (Phi) is 8.05. The number of carbonyl (C=O) groups is 2. The lowest BCUT2D eigenvalue weighted by Crippen LogP contribution is -2.17. The first kappa shape index (κ1) is 23.5. The molecule has 3 rings (SSSR count). The summed E-state index contributed by atoms with van der Waals surface area (Å²) in [6.07, 6.45) is 0. The molecule has 29 heavy (non-hydrogen) atoms. The summed E-state index contributed by atoms with van der Waals surface area (Å²) < 4.78 is 8.82. The number of amides is 1. The van der Waals surface area contributed by atoms with Gasteiger partial charge in [-0.05, 0) is 114 Å². The number of methoxy groups -OCH3 is 1. The molecule has 0 aliphatic rings. The third-order valence-electron chi connectivity index (χ3n) is 3.92. The lowest BCUT2D eigenvalue weighted by Gasteiger charge is -2.13. The molecule has 1 aromatic heterocycles. The Morgan fingerprint density at radius 2 is 1.69 bits per heavy atom. The highest BCUT2D eigenvalue weighted by Crippen LogP contribution is 2.38. The van der Waals surface area contributed by atoms with Gasteiger partial charge in [0.05, 0.1) is 30.4 Å². The number of carboxylic acids is 1. The van der Waals surface area contributed by atoms with Gasteiger partial charge in [0.15, 0.2) is 0 Å². The molecule has 0 bridgehead atoms. The second kappa shape index (κ2) is 9.95. The molecule has 150 valence electrons. The molecule has 0 aliphatic carbocycles. The average molecular weight is 857 g/mol. The summed E-state index contributed by atoms with van der Waals surface area (Å²) in [5.74, 6) is -0.831. The number of hydrogen-bond donors (Lipinski definition) is 2. The highest BCUT2D eigenvalue weighted by atomic mass is 127. The molecule has 3 aromatic rings. The molecule has 0 unspecified atom stereocenters. The van der Waals surface area contributed by atoms with E-state index in [1.54, 1.807) is 12.5 Å². The standard InChI is InChI=1S/C19H11I4NO4S/c1-28-16-11(22)6-10(21)13(15(16)23)18(25)24-12-7-29-17(14(12)19(26)27)8-2-4-9(20)5-3-8/h2-7H,1H3,(H,24,25)(H,26,27). The summed E-state index contributed by atoms with van der Waals surface area (Å²) in [7, 11) is 1.56. The van der Waals surface area contributed by atoms with Gasteiger partial charge in [0, 0.05) is 12.5 Å². The van der Waals surface area contributed by atoms with Crippen molar-refractivity contribution < 1.29 is 19.4 Å². The molecule has 2 N–H and O–H groups in total. The number of thiophene rings is 1. The van der Waals surface area contributed by atoms with E-state index in [1.165, 1.54) is 11.3 Å². The minimum atomic E-state index is -1.08. The molecule has 1 amide bonds. The number of ether oxygens (including phenoxy) is 1. The molecule has 1 heterocycles. The Balaban J connectivity index is 2.02. The van der Waals surface area contributed by atoms with E-state index in [1.807, 2.05) is 30.3 Å². The summed E-state index contributed by atoms with van der Waals surface area (Å²) in [4.78, 5) is 25.6. The van der Waals surface area contributed by atoms with Crippen LogP contribution in [-0.2, 0) is 0 Å². The van der Waals surface area contributed by atoms with Crippen molar-refractivity contribution in [2.24, 2.45) is 0 Å². The Hall–Kier alpha value is -0.200. The van der Waals surface area contributed by atoms with Gasteiger partial charge in [0.25, 0.3) is 5.91 Å². The van der Waals surface area contributed by atoms with E-state index in [4.69, 9.17) is 4.74 Å². The fraction of sp³-hybridized carbons (Fsp3) is 0.0526. The summed E-state index contributed by atoms with van der Waals surface area (Å²) in [6.45, 7) is 0. The largest absolute Gasteiger partial charge is 0.495 e. The number of carbonyl (C=O) groups excluding carboxylic acids is 1. The number of carboxylic acid groups (broad SMARTS) is 1. The number of halogens is 4. The van der Waals surface area contributed by atoms with Gasteiger partial charge in [-0.3, -0.25) is 4.79 Å². The molecular weight excluding hydrogens is 846 g/mol. The summed E-state index contributed by atoms with van der Waals surface area (Å²) in [6, 6.07) is 9.45. The van der Waals surface area contributed by atoms with Crippen molar-refractivity contribution in [3.8, 4) is 16.2 Å². The number of aromatic carboxylic acids is 1. The fourth-order valence-corrected chi connectivity index (χ4v) is 8.29. The van der Waals surface area contributed by atoms with Crippen molar-refractivity contribution in [2.45, 2.75) is 0 Å². The van der Waals surface area contributed by atoms with Crippen molar-refractivity contribution in [1.82, 2.24) is 0 Å². The molecule has 0 saturated carbocycles. The Bertz CT molecular complexity index is 1110. The van der Waals surface area contributed by atoms with Gasteiger partial charge in [0.2, 0.25) is 0 Å². The normalized spacial score (nSPS) is 10.7. The maximum atomic E-state index is 13.0. The Morgan fingerprint density at radius 3 is 2.28 bits per heavy atom. The minimum absolute atomic E-state index is 0.0899. The van der Waals surface area contributed by atoms with Gasteiger partial charge in [-0.15, -0.1) is 11.3 Å². The van der Waals surface area contributed by atoms with Crippen molar-refractivity contribution >= 4 is 119 Å². The van der Waals surface area contributed by atoms with Crippen LogP contribution >= 0.6 is 102 Å². The van der Waals surface area contributed by atoms with Gasteiger partial charge in [-0.25, -0.2) is 4.79 Å². The fourth-order valence-electron chi connectivity index (χ4n) is 2.63. The number of hydrogen-bond acceptors (Lipinski definition) is 4. The van der Waals surface area contributed by atoms with Crippen LogP contribution in [0.3, 0.4) is 0 Å². The zero-order valence-electron chi connectivity index (χ0n) is 14.6. The molecule has 2 aromatic carbocycles. The van der Waals surface area contributed by atoms with Gasteiger partial charge in [-0.2, -0.15) is 0 Å². The van der Waals surface area contributed by atoms with E-state index in [-0.39, 0.29) is 17.2 Å². The first-order valence-electron chi connectivity index (χ1n) is 7.88.